The van der Waals surface area contributed by atoms with Gasteiger partial charge in [-0.2, -0.15) is 0 Å². The largest absolute Gasteiger partial charge is 0.340 e. The fourth-order valence-corrected chi connectivity index (χ4v) is 3.24. The second kappa shape index (κ2) is 6.80. The van der Waals surface area contributed by atoms with Gasteiger partial charge in [-0.15, -0.1) is 0 Å². The number of unbranched alkanes of at least 4 members (excludes halogenated alkanes) is 2. The Morgan fingerprint density at radius 1 is 1.10 bits per heavy atom. The van der Waals surface area contributed by atoms with Crippen LogP contribution in [0.15, 0.2) is 0 Å². The first-order chi connectivity index (χ1) is 9.73. The zero-order chi connectivity index (χ0) is 16.3. The van der Waals surface area contributed by atoms with E-state index in [0.717, 1.165) is 19.3 Å². The summed E-state index contributed by atoms with van der Waals surface area (Å²) in [5, 5.41) is 3.03. The van der Waals surface area contributed by atoms with Crippen molar-refractivity contribution in [1.29, 1.82) is 0 Å². The smallest absolute Gasteiger partial charge is 0.249 e. The van der Waals surface area contributed by atoms with E-state index in [0.29, 0.717) is 19.4 Å². The van der Waals surface area contributed by atoms with Crippen molar-refractivity contribution in [3.05, 3.63) is 0 Å². The number of nitrogens with zero attached hydrogens (tertiary/aromatic N) is 1. The molecular weight excluding hydrogens is 264 g/mol. The molecule has 0 aromatic carbocycles. The van der Waals surface area contributed by atoms with Crippen molar-refractivity contribution in [2.24, 2.45) is 5.41 Å². The van der Waals surface area contributed by atoms with Crippen LogP contribution in [-0.2, 0) is 9.59 Å². The number of carbonyl (C=O) groups is 2. The maximum Gasteiger partial charge on any atom is 0.249 e. The van der Waals surface area contributed by atoms with Crippen molar-refractivity contribution in [1.82, 2.24) is 10.2 Å². The van der Waals surface area contributed by atoms with Crippen molar-refractivity contribution < 1.29 is 9.59 Å². The van der Waals surface area contributed by atoms with Gasteiger partial charge in [0, 0.05) is 6.54 Å². The SMILES string of the molecule is CCCCCN1C(=O)C(CC)(CC)NC(=O)C1C(C)(C)C. The van der Waals surface area contributed by atoms with Crippen LogP contribution in [0.5, 0.6) is 0 Å². The Kier molecular flexibility index (Phi) is 5.83. The number of amides is 2. The highest BCUT2D eigenvalue weighted by molar-refractivity contribution is 6.00. The molecule has 1 atom stereocenters. The Labute approximate surface area is 129 Å². The van der Waals surface area contributed by atoms with E-state index in [9.17, 15) is 9.59 Å². The first-order valence-corrected chi connectivity index (χ1v) is 8.36. The van der Waals surface area contributed by atoms with Crippen LogP contribution in [0, 0.1) is 5.41 Å². The molecule has 21 heavy (non-hydrogen) atoms. The van der Waals surface area contributed by atoms with E-state index in [1.807, 2.05) is 39.5 Å². The minimum Gasteiger partial charge on any atom is -0.340 e. The Bertz CT molecular complexity index is 381. The molecule has 0 aromatic rings. The summed E-state index contributed by atoms with van der Waals surface area (Å²) in [5.41, 5.74) is -0.954. The van der Waals surface area contributed by atoms with Gasteiger partial charge in [0.1, 0.15) is 11.6 Å². The molecule has 0 radical (unpaired) electrons. The van der Waals surface area contributed by atoms with Crippen molar-refractivity contribution in [2.45, 2.75) is 85.2 Å². The second-order valence-corrected chi connectivity index (χ2v) is 7.25. The summed E-state index contributed by atoms with van der Waals surface area (Å²) in [5.74, 6) is 0.102. The lowest BCUT2D eigenvalue weighted by Crippen LogP contribution is -2.72. The van der Waals surface area contributed by atoms with Gasteiger partial charge >= 0.3 is 0 Å². The first kappa shape index (κ1) is 18.0. The molecule has 4 nitrogen and oxygen atoms in total. The van der Waals surface area contributed by atoms with E-state index >= 15 is 0 Å². The molecule has 2 amide bonds. The number of nitrogens with one attached hydrogen (secondary N) is 1. The summed E-state index contributed by atoms with van der Waals surface area (Å²) in [4.78, 5) is 27.5. The van der Waals surface area contributed by atoms with Crippen LogP contribution in [-0.4, -0.2) is 34.8 Å². The van der Waals surface area contributed by atoms with Crippen LogP contribution < -0.4 is 5.32 Å². The highest BCUT2D eigenvalue weighted by Crippen LogP contribution is 2.33. The molecule has 1 aliphatic rings. The van der Waals surface area contributed by atoms with E-state index in [1.165, 1.54) is 0 Å². The molecule has 0 saturated carbocycles. The molecule has 0 aliphatic carbocycles. The Balaban J connectivity index is 3.11. The predicted octanol–water partition coefficient (Wildman–Crippen LogP) is 3.11. The molecule has 1 fully saturated rings. The van der Waals surface area contributed by atoms with E-state index < -0.39 is 5.54 Å². The van der Waals surface area contributed by atoms with E-state index in [2.05, 4.69) is 12.2 Å². The van der Waals surface area contributed by atoms with Gasteiger partial charge in [0.2, 0.25) is 11.8 Å². The highest BCUT2D eigenvalue weighted by atomic mass is 16.2. The van der Waals surface area contributed by atoms with E-state index in [1.54, 1.807) is 0 Å². The predicted molar refractivity (Wildman–Crippen MR) is 85.9 cm³/mol. The molecule has 0 aromatic heterocycles. The second-order valence-electron chi connectivity index (χ2n) is 7.25. The molecule has 1 saturated heterocycles. The normalized spacial score (nSPS) is 22.4. The summed E-state index contributed by atoms with van der Waals surface area (Å²) in [6.45, 7) is 12.9. The maximum atomic E-state index is 13.0. The van der Waals surface area contributed by atoms with Crippen LogP contribution in [0.2, 0.25) is 0 Å². The van der Waals surface area contributed by atoms with Gasteiger partial charge in [0.15, 0.2) is 0 Å². The van der Waals surface area contributed by atoms with Gasteiger partial charge in [0.05, 0.1) is 0 Å². The first-order valence-electron chi connectivity index (χ1n) is 8.36. The van der Waals surface area contributed by atoms with Crippen LogP contribution in [0.3, 0.4) is 0 Å². The van der Waals surface area contributed by atoms with Gasteiger partial charge in [-0.05, 0) is 24.7 Å². The topological polar surface area (TPSA) is 49.4 Å². The van der Waals surface area contributed by atoms with Gasteiger partial charge in [-0.25, -0.2) is 0 Å². The zero-order valence-corrected chi connectivity index (χ0v) is 14.6. The highest BCUT2D eigenvalue weighted by Gasteiger charge is 2.51. The number of piperazine rings is 1. The quantitative estimate of drug-likeness (QED) is 0.766. The molecule has 1 N–H and O–H groups in total. The minimum atomic E-state index is -0.703. The summed E-state index contributed by atoms with van der Waals surface area (Å²) in [6, 6.07) is -0.368. The average Bonchev–Trinajstić information content (AvgIpc) is 2.41. The summed E-state index contributed by atoms with van der Waals surface area (Å²) in [7, 11) is 0. The molecule has 1 rings (SSSR count). The fourth-order valence-electron chi connectivity index (χ4n) is 3.24. The third kappa shape index (κ3) is 3.58. The van der Waals surface area contributed by atoms with Crippen molar-refractivity contribution >= 4 is 11.8 Å². The van der Waals surface area contributed by atoms with Crippen molar-refractivity contribution in [3.63, 3.8) is 0 Å². The monoisotopic (exact) mass is 296 g/mol. The van der Waals surface area contributed by atoms with Gasteiger partial charge in [0.25, 0.3) is 0 Å². The van der Waals surface area contributed by atoms with Crippen molar-refractivity contribution in [2.75, 3.05) is 6.54 Å². The van der Waals surface area contributed by atoms with Crippen LogP contribution in [0.1, 0.15) is 73.6 Å². The van der Waals surface area contributed by atoms with Gasteiger partial charge < -0.3 is 10.2 Å². The van der Waals surface area contributed by atoms with E-state index in [-0.39, 0.29) is 23.3 Å². The third-order valence-corrected chi connectivity index (χ3v) is 4.62. The van der Waals surface area contributed by atoms with Crippen LogP contribution >= 0.6 is 0 Å². The summed E-state index contributed by atoms with van der Waals surface area (Å²) >= 11 is 0. The Hall–Kier alpha value is -1.06. The summed E-state index contributed by atoms with van der Waals surface area (Å²) < 4.78 is 0. The van der Waals surface area contributed by atoms with Gasteiger partial charge in [-0.1, -0.05) is 54.4 Å². The molecule has 1 aliphatic heterocycles. The number of hydrogen-bond donors (Lipinski definition) is 1. The minimum absolute atomic E-state index is 0.00213. The summed E-state index contributed by atoms with van der Waals surface area (Å²) in [6.07, 6.45) is 4.46. The molecule has 122 valence electrons. The number of hydrogen-bond acceptors (Lipinski definition) is 2. The maximum absolute atomic E-state index is 13.0. The average molecular weight is 296 g/mol. The van der Waals surface area contributed by atoms with Gasteiger partial charge in [-0.3, -0.25) is 9.59 Å². The number of carbonyl (C=O) groups excluding carboxylic acids is 2. The molecular formula is C17H32N2O2. The molecule has 4 heteroatoms. The lowest BCUT2D eigenvalue weighted by Gasteiger charge is -2.49. The lowest BCUT2D eigenvalue weighted by atomic mass is 9.79. The van der Waals surface area contributed by atoms with Crippen LogP contribution in [0.25, 0.3) is 0 Å². The van der Waals surface area contributed by atoms with Crippen molar-refractivity contribution in [3.8, 4) is 0 Å². The fraction of sp³-hybridized carbons (Fsp3) is 0.882. The molecule has 1 unspecified atom stereocenters. The number of rotatable bonds is 6. The molecule has 0 spiro atoms. The Morgan fingerprint density at radius 3 is 2.10 bits per heavy atom. The zero-order valence-electron chi connectivity index (χ0n) is 14.6. The third-order valence-electron chi connectivity index (χ3n) is 4.62. The standard InChI is InChI=1S/C17H32N2O2/c1-7-10-11-12-19-13(16(4,5)6)14(20)18-17(8-2,9-3)15(19)21/h13H,7-12H2,1-6H3,(H,18,20). The lowest BCUT2D eigenvalue weighted by molar-refractivity contribution is -0.160. The van der Waals surface area contributed by atoms with E-state index in [4.69, 9.17) is 0 Å². The Morgan fingerprint density at radius 2 is 1.67 bits per heavy atom. The molecule has 0 bridgehead atoms. The van der Waals surface area contributed by atoms with Crippen LogP contribution in [0.4, 0.5) is 0 Å². The molecule has 1 heterocycles.